The third kappa shape index (κ3) is 8.48. The minimum Gasteiger partial charge on any atom is -0.504 e. The van der Waals surface area contributed by atoms with Gasteiger partial charge in [0, 0.05) is 0 Å². The third-order valence-electron chi connectivity index (χ3n) is 7.73. The van der Waals surface area contributed by atoms with Crippen molar-refractivity contribution >= 4 is 35.6 Å². The Morgan fingerprint density at radius 3 is 1.33 bits per heavy atom. The second-order valence-electron chi connectivity index (χ2n) is 11.7. The second kappa shape index (κ2) is 15.2. The van der Waals surface area contributed by atoms with Crippen LogP contribution in [0.2, 0.25) is 0 Å². The maximum atomic E-state index is 13.5. The summed E-state index contributed by atoms with van der Waals surface area (Å²) in [6, 6.07) is 6.81. The highest BCUT2D eigenvalue weighted by Crippen LogP contribution is 2.31. The molecule has 1 aliphatic heterocycles. The molecule has 51 heavy (non-hydrogen) atoms. The number of hydrogen-bond acceptors (Lipinski definition) is 15. The van der Waals surface area contributed by atoms with E-state index in [1.165, 1.54) is 38.1 Å². The number of carbonyl (C=O) groups is 6. The Hall–Kier alpha value is -6.72. The Bertz CT molecular complexity index is 1810. The zero-order valence-corrected chi connectivity index (χ0v) is 26.9. The number of rotatable bonds is 7. The van der Waals surface area contributed by atoms with Crippen LogP contribution in [-0.2, 0) is 28.6 Å². The van der Waals surface area contributed by atoms with Crippen LogP contribution in [0.1, 0.15) is 44.9 Å². The number of cyclic esters (lactones) is 3. The molecule has 4 rings (SSSR count). The van der Waals surface area contributed by atoms with E-state index >= 15 is 0 Å². The topological polar surface area (TPSA) is 288 Å². The molecule has 3 amide bonds. The van der Waals surface area contributed by atoms with Gasteiger partial charge in [-0.25, -0.2) is 9.59 Å². The SMILES string of the molecule is CC(C)(NC(=O)c1cccc(O)c1O)C1COC(=O)[C@@H](NC(=O)c2cccc(O)c2O)COC(=O)C(NC(=O)c2cccc(O)c2O)COC1=O. The maximum Gasteiger partial charge on any atom is 0.332 e. The zero-order valence-electron chi connectivity index (χ0n) is 26.9. The first-order valence-corrected chi connectivity index (χ1v) is 15.0. The molecule has 0 bridgehead atoms. The van der Waals surface area contributed by atoms with Crippen molar-refractivity contribution in [2.45, 2.75) is 31.5 Å². The van der Waals surface area contributed by atoms with E-state index in [2.05, 4.69) is 16.0 Å². The molecular weight excluding hydrogens is 678 g/mol. The van der Waals surface area contributed by atoms with E-state index in [1.807, 2.05) is 0 Å². The summed E-state index contributed by atoms with van der Waals surface area (Å²) in [5, 5.41) is 66.8. The third-order valence-corrected chi connectivity index (χ3v) is 7.73. The predicted octanol–water partition coefficient (Wildman–Crippen LogP) is 0.285. The van der Waals surface area contributed by atoms with Gasteiger partial charge in [-0.05, 0) is 50.2 Å². The highest BCUT2D eigenvalue weighted by molar-refractivity contribution is 6.01. The lowest BCUT2D eigenvalue weighted by Gasteiger charge is -2.34. The molecule has 1 saturated heterocycles. The standard InChI is InChI=1S/C33H33N3O15/c1-33(2,36-29(45)17-8-5-11-23(39)26(17)42)18-12-49-31(47)20(35-28(44)16-7-4-10-22(38)25(16)41)14-51-32(48)19(13-50-30(18)46)34-27(43)15-6-3-9-21(37)24(15)40/h3-11,18-20,37-42H,12-14H2,1-2H3,(H,34,43)(H,35,44)(H,36,45)/t18?,19?,20-/m0/s1. The van der Waals surface area contributed by atoms with Gasteiger partial charge in [0.15, 0.2) is 46.6 Å². The van der Waals surface area contributed by atoms with Gasteiger partial charge in [-0.2, -0.15) is 0 Å². The molecule has 0 aliphatic carbocycles. The summed E-state index contributed by atoms with van der Waals surface area (Å²) < 4.78 is 15.8. The molecule has 3 aromatic carbocycles. The Balaban J connectivity index is 1.66. The van der Waals surface area contributed by atoms with Gasteiger partial charge in [-0.3, -0.25) is 19.2 Å². The summed E-state index contributed by atoms with van der Waals surface area (Å²) >= 11 is 0. The first kappa shape index (κ1) is 37.1. The fourth-order valence-electron chi connectivity index (χ4n) is 4.77. The molecule has 18 heteroatoms. The number of phenols is 6. The van der Waals surface area contributed by atoms with Gasteiger partial charge in [0.25, 0.3) is 17.7 Å². The molecule has 1 heterocycles. The molecule has 0 radical (unpaired) electrons. The van der Waals surface area contributed by atoms with Crippen molar-refractivity contribution in [3.63, 3.8) is 0 Å². The van der Waals surface area contributed by atoms with Gasteiger partial charge in [0.1, 0.15) is 25.7 Å². The van der Waals surface area contributed by atoms with Crippen molar-refractivity contribution < 1.29 is 73.6 Å². The molecule has 1 fully saturated rings. The molecule has 270 valence electrons. The van der Waals surface area contributed by atoms with Crippen LogP contribution in [0.5, 0.6) is 34.5 Å². The summed E-state index contributed by atoms with van der Waals surface area (Å²) in [5.41, 5.74) is -3.00. The van der Waals surface area contributed by atoms with Crippen LogP contribution in [-0.4, -0.2) is 104 Å². The molecular formula is C33H33N3O15. The fraction of sp³-hybridized carbons (Fsp3) is 0.273. The lowest BCUT2D eigenvalue weighted by molar-refractivity contribution is -0.164. The zero-order chi connectivity index (χ0) is 37.6. The van der Waals surface area contributed by atoms with Crippen LogP contribution in [0.15, 0.2) is 54.6 Å². The lowest BCUT2D eigenvalue weighted by Crippen LogP contribution is -2.56. The van der Waals surface area contributed by atoms with Gasteiger partial charge in [0.05, 0.1) is 22.2 Å². The first-order valence-electron chi connectivity index (χ1n) is 15.0. The quantitative estimate of drug-likeness (QED) is 0.0904. The normalized spacial score (nSPS) is 18.5. The van der Waals surface area contributed by atoms with E-state index in [9.17, 15) is 59.4 Å². The summed E-state index contributed by atoms with van der Waals surface area (Å²) in [6.07, 6.45) is 0. The van der Waals surface area contributed by atoms with Gasteiger partial charge in [-0.1, -0.05) is 18.2 Å². The number of ether oxygens (including phenoxy) is 3. The van der Waals surface area contributed by atoms with Crippen LogP contribution in [0.3, 0.4) is 0 Å². The smallest absolute Gasteiger partial charge is 0.332 e. The van der Waals surface area contributed by atoms with Crippen molar-refractivity contribution in [2.75, 3.05) is 19.8 Å². The molecule has 0 aromatic heterocycles. The van der Waals surface area contributed by atoms with Crippen LogP contribution >= 0.6 is 0 Å². The molecule has 18 nitrogen and oxygen atoms in total. The van der Waals surface area contributed by atoms with E-state index in [1.54, 1.807) is 0 Å². The summed E-state index contributed by atoms with van der Waals surface area (Å²) in [6.45, 7) is 0.0149. The van der Waals surface area contributed by atoms with Crippen LogP contribution in [0.4, 0.5) is 0 Å². The summed E-state index contributed by atoms with van der Waals surface area (Å²) in [5.74, 6) is -12.9. The largest absolute Gasteiger partial charge is 0.504 e. The highest BCUT2D eigenvalue weighted by atomic mass is 16.6. The number of benzene rings is 3. The van der Waals surface area contributed by atoms with E-state index in [4.69, 9.17) is 14.2 Å². The minimum absolute atomic E-state index is 0.375. The van der Waals surface area contributed by atoms with Crippen molar-refractivity contribution in [1.82, 2.24) is 16.0 Å². The van der Waals surface area contributed by atoms with Gasteiger partial charge in [0.2, 0.25) is 0 Å². The van der Waals surface area contributed by atoms with E-state index < -0.39 is 125 Å². The van der Waals surface area contributed by atoms with Gasteiger partial charge >= 0.3 is 17.9 Å². The maximum absolute atomic E-state index is 13.5. The van der Waals surface area contributed by atoms with E-state index in [0.717, 1.165) is 30.3 Å². The molecule has 2 unspecified atom stereocenters. The number of para-hydroxylation sites is 3. The van der Waals surface area contributed by atoms with Crippen molar-refractivity contribution in [3.05, 3.63) is 71.3 Å². The van der Waals surface area contributed by atoms with Crippen LogP contribution < -0.4 is 16.0 Å². The average Bonchev–Trinajstić information content (AvgIpc) is 3.07. The fourth-order valence-corrected chi connectivity index (χ4v) is 4.77. The Morgan fingerprint density at radius 2 is 0.922 bits per heavy atom. The Labute approximate surface area is 288 Å². The molecule has 1 aliphatic rings. The number of aromatic hydroxyl groups is 6. The Kier molecular flexibility index (Phi) is 11.1. The second-order valence-corrected chi connectivity index (χ2v) is 11.7. The Morgan fingerprint density at radius 1 is 0.569 bits per heavy atom. The molecule has 9 N–H and O–H groups in total. The summed E-state index contributed by atoms with van der Waals surface area (Å²) in [7, 11) is 0. The van der Waals surface area contributed by atoms with Crippen LogP contribution in [0, 0.1) is 5.92 Å². The number of esters is 3. The summed E-state index contributed by atoms with van der Waals surface area (Å²) in [4.78, 5) is 79.2. The number of amides is 3. The van der Waals surface area contributed by atoms with Gasteiger partial charge in [-0.15, -0.1) is 0 Å². The van der Waals surface area contributed by atoms with Crippen molar-refractivity contribution in [1.29, 1.82) is 0 Å². The molecule has 0 saturated carbocycles. The molecule has 0 spiro atoms. The molecule has 3 atom stereocenters. The van der Waals surface area contributed by atoms with E-state index in [0.29, 0.717) is 0 Å². The number of phenolic OH excluding ortho intramolecular Hbond substituents is 6. The van der Waals surface area contributed by atoms with Crippen LogP contribution in [0.25, 0.3) is 0 Å². The highest BCUT2D eigenvalue weighted by Gasteiger charge is 2.42. The lowest BCUT2D eigenvalue weighted by atomic mass is 9.87. The number of carbonyl (C=O) groups excluding carboxylic acids is 6. The first-order chi connectivity index (χ1) is 24.0. The minimum atomic E-state index is -1.81. The number of nitrogens with one attached hydrogen (secondary N) is 3. The number of hydrogen-bond donors (Lipinski definition) is 9. The van der Waals surface area contributed by atoms with Crippen molar-refractivity contribution in [2.24, 2.45) is 5.92 Å². The predicted molar refractivity (Wildman–Crippen MR) is 170 cm³/mol. The van der Waals surface area contributed by atoms with Crippen molar-refractivity contribution in [3.8, 4) is 34.5 Å². The van der Waals surface area contributed by atoms with E-state index in [-0.39, 0.29) is 5.56 Å². The molecule has 3 aromatic rings. The van der Waals surface area contributed by atoms with Gasteiger partial charge < -0.3 is 60.8 Å². The monoisotopic (exact) mass is 711 g/mol. The average molecular weight is 712 g/mol.